The van der Waals surface area contributed by atoms with E-state index in [0.29, 0.717) is 12.8 Å². The number of carbonyl (C=O) groups is 3. The molecule has 0 spiro atoms. The molecule has 2 heterocycles. The minimum absolute atomic E-state index is 0.500. The molecule has 2 amide bonds. The molecule has 12 atom stereocenters. The van der Waals surface area contributed by atoms with Gasteiger partial charge in [0.1, 0.15) is 42.6 Å². The molecule has 0 saturated carbocycles. The number of hydrogen-bond donors (Lipinski definition) is 9. The maximum atomic E-state index is 13.1. The van der Waals surface area contributed by atoms with Crippen LogP contribution in [0.15, 0.2) is 128 Å². The van der Waals surface area contributed by atoms with Gasteiger partial charge in [-0.3, -0.25) is 18.6 Å². The first-order valence-electron chi connectivity index (χ1n) is 33.0. The van der Waals surface area contributed by atoms with E-state index in [2.05, 4.69) is 152 Å². The van der Waals surface area contributed by atoms with Crippen LogP contribution in [0, 0.1) is 0 Å². The molecule has 0 aromatic heterocycles. The predicted molar refractivity (Wildman–Crippen MR) is 367 cm³/mol. The monoisotopic (exact) mass is 1350 g/mol. The lowest BCUT2D eigenvalue weighted by molar-refractivity contribution is -0.321. The number of hydrogen-bond acceptors (Lipinski definition) is 15. The van der Waals surface area contributed by atoms with Crippen LogP contribution in [0.25, 0.3) is 0 Å². The maximum absolute atomic E-state index is 13.1. The van der Waals surface area contributed by atoms with Crippen molar-refractivity contribution >= 4 is 33.4 Å². The molecule has 0 radical (unpaired) electrons. The van der Waals surface area contributed by atoms with Crippen LogP contribution in [-0.4, -0.2) is 128 Å². The molecular formula is C71H116N2O18P2. The fourth-order valence-electron chi connectivity index (χ4n) is 10.5. The number of rotatable bonds is 43. The van der Waals surface area contributed by atoms with Gasteiger partial charge in [0, 0.05) is 13.8 Å². The molecule has 0 bridgehead atoms. The second kappa shape index (κ2) is 45.1. The van der Waals surface area contributed by atoms with Crippen molar-refractivity contribution in [1.82, 2.24) is 10.6 Å². The standard InChI is InChI=1S/C71H116N2O18P2/c1-48(2)25-15-26-49(3)27-16-28-50(4)29-17-30-51(5)31-18-32-52(6)33-19-34-53(7)35-20-36-54(8)37-21-38-55(9)39-22-40-56(10)41-23-42-57(11)43-24-44-58(12)45-46-86-92(82,83)91-93(84,85)90-71-63(73-60(14)76)65(78)67(61(47-74)87-71)88-70-62(72-59(13)75)64(77)66(79)68(89-70)69(80)81/h25,27,29,31,33,35,37,39,41,43,45,61-68,70-71,74,77-79H,15-24,26,28,30,32,34,36,38,40,42,44,46-47H2,1-14H3,(H,72,75)(H,73,76)(H,80,81)(H,82,83)(H,84,85)/t61-,62+,63-,64-,65-,66+,67-,68+,70-,71-/m1/s1. The van der Waals surface area contributed by atoms with Crippen LogP contribution in [0.5, 0.6) is 0 Å². The Morgan fingerprint density at radius 3 is 1.04 bits per heavy atom. The topological polar surface area (TPSA) is 306 Å². The normalized spacial score (nSPS) is 24.9. The fraction of sp³-hybridized carbons (Fsp3) is 0.648. The summed E-state index contributed by atoms with van der Waals surface area (Å²) >= 11 is 0. The van der Waals surface area contributed by atoms with Gasteiger partial charge in [0.05, 0.1) is 13.2 Å². The minimum atomic E-state index is -5.67. The maximum Gasteiger partial charge on any atom is 0.483 e. The highest BCUT2D eigenvalue weighted by molar-refractivity contribution is 7.61. The van der Waals surface area contributed by atoms with Crippen LogP contribution < -0.4 is 10.6 Å². The quantitative estimate of drug-likeness (QED) is 0.0202. The van der Waals surface area contributed by atoms with Crippen molar-refractivity contribution in [2.45, 2.75) is 287 Å². The zero-order chi connectivity index (χ0) is 69.8. The van der Waals surface area contributed by atoms with Gasteiger partial charge in [-0.1, -0.05) is 128 Å². The lowest BCUT2D eigenvalue weighted by atomic mass is 9.94. The number of aliphatic hydroxyl groups excluding tert-OH is 4. The number of allylic oxidation sites excluding steroid dienone is 21. The highest BCUT2D eigenvalue weighted by atomic mass is 31.3. The molecule has 0 aromatic rings. The Bertz CT molecular complexity index is 2800. The van der Waals surface area contributed by atoms with E-state index in [1.165, 1.54) is 61.8 Å². The lowest BCUT2D eigenvalue weighted by Gasteiger charge is -2.47. The fourth-order valence-corrected chi connectivity index (χ4v) is 12.6. The van der Waals surface area contributed by atoms with Crippen LogP contribution in [0.4, 0.5) is 0 Å². The summed E-state index contributed by atoms with van der Waals surface area (Å²) in [6.07, 6.45) is 29.9. The molecule has 20 nitrogen and oxygen atoms in total. The van der Waals surface area contributed by atoms with Crippen LogP contribution in [0.3, 0.4) is 0 Å². The smallest absolute Gasteiger partial charge is 0.479 e. The van der Waals surface area contributed by atoms with Crippen molar-refractivity contribution in [2.75, 3.05) is 13.2 Å². The molecule has 22 heteroatoms. The molecule has 0 aliphatic carbocycles. The van der Waals surface area contributed by atoms with Crippen molar-refractivity contribution in [3.8, 4) is 0 Å². The van der Waals surface area contributed by atoms with E-state index in [1.54, 1.807) is 6.92 Å². The molecule has 2 fully saturated rings. The van der Waals surface area contributed by atoms with Gasteiger partial charge < -0.3 is 60.2 Å². The van der Waals surface area contributed by atoms with Gasteiger partial charge in [-0.15, -0.1) is 0 Å². The number of aliphatic hydroxyl groups is 4. The highest BCUT2D eigenvalue weighted by Crippen LogP contribution is 2.61. The van der Waals surface area contributed by atoms with Crippen LogP contribution in [0.1, 0.15) is 225 Å². The van der Waals surface area contributed by atoms with Crippen molar-refractivity contribution in [1.29, 1.82) is 0 Å². The first kappa shape index (κ1) is 84.6. The molecule has 93 heavy (non-hydrogen) atoms. The van der Waals surface area contributed by atoms with Gasteiger partial charge in [-0.05, 0) is 212 Å². The predicted octanol–water partition coefficient (Wildman–Crippen LogP) is 14.5. The zero-order valence-corrected chi connectivity index (χ0v) is 60.0. The number of nitrogens with one attached hydrogen (secondary N) is 2. The van der Waals surface area contributed by atoms with Gasteiger partial charge >= 0.3 is 21.6 Å². The molecule has 2 unspecified atom stereocenters. The third-order valence-corrected chi connectivity index (χ3v) is 18.8. The Morgan fingerprint density at radius 1 is 0.430 bits per heavy atom. The van der Waals surface area contributed by atoms with Gasteiger partial charge in [0.15, 0.2) is 18.7 Å². The number of phosphoric ester groups is 2. The molecule has 0 aromatic carbocycles. The molecule has 9 N–H and O–H groups in total. The summed E-state index contributed by atoms with van der Waals surface area (Å²) in [6, 6.07) is -3.50. The zero-order valence-electron chi connectivity index (χ0n) is 58.2. The van der Waals surface area contributed by atoms with Gasteiger partial charge in [-0.25, -0.2) is 13.9 Å². The van der Waals surface area contributed by atoms with E-state index in [9.17, 15) is 58.8 Å². The van der Waals surface area contributed by atoms with Crippen molar-refractivity contribution in [3.63, 3.8) is 0 Å². The second-order valence-corrected chi connectivity index (χ2v) is 28.6. The highest BCUT2D eigenvalue weighted by Gasteiger charge is 2.54. The van der Waals surface area contributed by atoms with E-state index in [1.807, 2.05) is 0 Å². The molecule has 2 rings (SSSR count). The SMILES string of the molecule is CC(=O)N[C@@H]1[C@H](O[C@H]2[C@H](O)[C@@H](NC(C)=O)[C@@H](OP(=O)(O)OP(=O)(O)OCC=C(C)CCC=C(C)CCC=C(C)CCC=C(C)CCC=C(C)CCC=C(C)CCC=C(C)CCC=C(C)CCC=C(C)CCC=C(C)CCC=C(C)C)O[C@@H]2CO)O[C@H](C(=O)O)[C@@H](O)[C@@H]1O. The minimum Gasteiger partial charge on any atom is -0.479 e. The first-order chi connectivity index (χ1) is 43.7. The molecule has 2 saturated heterocycles. The van der Waals surface area contributed by atoms with Crippen molar-refractivity contribution in [3.05, 3.63) is 128 Å². The number of carboxylic acids is 1. The molecule has 2 aliphatic heterocycles. The number of phosphoric acid groups is 2. The van der Waals surface area contributed by atoms with Crippen LogP contribution in [0.2, 0.25) is 0 Å². The third-order valence-electron chi connectivity index (χ3n) is 16.2. The summed E-state index contributed by atoms with van der Waals surface area (Å²) in [7, 11) is -11.0. The Labute approximate surface area is 556 Å². The van der Waals surface area contributed by atoms with Gasteiger partial charge in [0.2, 0.25) is 11.8 Å². The largest absolute Gasteiger partial charge is 0.483 e. The number of ether oxygens (including phenoxy) is 3. The molecule has 2 aliphatic rings. The Morgan fingerprint density at radius 2 is 0.742 bits per heavy atom. The van der Waals surface area contributed by atoms with E-state index < -0.39 is 108 Å². The number of carboxylic acid groups (broad SMARTS) is 1. The van der Waals surface area contributed by atoms with Crippen LogP contribution >= 0.6 is 15.6 Å². The van der Waals surface area contributed by atoms with E-state index in [0.717, 1.165) is 135 Å². The lowest BCUT2D eigenvalue weighted by Crippen LogP contribution is -2.69. The summed E-state index contributed by atoms with van der Waals surface area (Å²) in [6.45, 7) is 26.7. The Hall–Kier alpha value is -4.47. The number of amides is 2. The van der Waals surface area contributed by atoms with Gasteiger partial charge in [-0.2, -0.15) is 4.31 Å². The third kappa shape index (κ3) is 37.0. The summed E-state index contributed by atoms with van der Waals surface area (Å²) in [5.74, 6) is -3.36. The average molecular weight is 1350 g/mol. The number of aliphatic carboxylic acids is 1. The second-order valence-electron chi connectivity index (χ2n) is 25.6. The molecular weight excluding hydrogens is 1230 g/mol. The van der Waals surface area contributed by atoms with E-state index in [4.69, 9.17) is 23.3 Å². The molecule has 528 valence electrons. The van der Waals surface area contributed by atoms with Crippen molar-refractivity contribution < 1.29 is 86.4 Å². The summed E-state index contributed by atoms with van der Waals surface area (Å²) in [5.41, 5.74) is 15.1. The summed E-state index contributed by atoms with van der Waals surface area (Å²) < 4.78 is 57.0. The Kier molecular flexibility index (Phi) is 41.0. The Balaban J connectivity index is 1.72. The van der Waals surface area contributed by atoms with Gasteiger partial charge in [0.25, 0.3) is 0 Å². The summed E-state index contributed by atoms with van der Waals surface area (Å²) in [4.78, 5) is 56.9. The average Bonchev–Trinajstić information content (AvgIpc) is 0.780. The number of carbonyl (C=O) groups excluding carboxylic acids is 2. The van der Waals surface area contributed by atoms with Crippen LogP contribution in [-0.2, 0) is 51.1 Å². The van der Waals surface area contributed by atoms with E-state index >= 15 is 0 Å². The summed E-state index contributed by atoms with van der Waals surface area (Å²) in [5, 5.41) is 56.6. The first-order valence-corrected chi connectivity index (χ1v) is 36.0. The van der Waals surface area contributed by atoms with Crippen molar-refractivity contribution in [2.24, 2.45) is 0 Å². The van der Waals surface area contributed by atoms with E-state index in [-0.39, 0.29) is 0 Å².